The molecule has 1 aliphatic rings. The minimum atomic E-state index is -3.61. The first kappa shape index (κ1) is 14.8. The van der Waals surface area contributed by atoms with E-state index < -0.39 is 15.8 Å². The number of hydrogen-bond acceptors (Lipinski definition) is 2. The summed E-state index contributed by atoms with van der Waals surface area (Å²) in [5.41, 5.74) is 0.653. The molecule has 0 spiro atoms. The Kier molecular flexibility index (Phi) is 4.48. The maximum absolute atomic E-state index is 13.8. The number of benzene rings is 1. The standard InChI is InChI=1S/C13H17ClFNO2S/c1-10-12(15)7-11(9-14)8-13(10)19(17,18)16-5-3-2-4-6-16/h7-8H,2-6,9H2,1H3. The van der Waals surface area contributed by atoms with Crippen molar-refractivity contribution < 1.29 is 12.8 Å². The first-order valence-corrected chi connectivity index (χ1v) is 8.29. The molecule has 6 heteroatoms. The lowest BCUT2D eigenvalue weighted by atomic mass is 10.1. The van der Waals surface area contributed by atoms with Crippen molar-refractivity contribution in [1.29, 1.82) is 0 Å². The normalized spacial score (nSPS) is 17.6. The highest BCUT2D eigenvalue weighted by atomic mass is 35.5. The van der Waals surface area contributed by atoms with E-state index in [4.69, 9.17) is 11.6 Å². The Morgan fingerprint density at radius 3 is 2.47 bits per heavy atom. The molecule has 1 aliphatic heterocycles. The number of rotatable bonds is 3. The third-order valence-corrected chi connectivity index (χ3v) is 5.78. The van der Waals surface area contributed by atoms with Gasteiger partial charge in [0.15, 0.2) is 0 Å². The molecular weight excluding hydrogens is 289 g/mol. The highest BCUT2D eigenvalue weighted by Crippen LogP contribution is 2.26. The molecule has 0 radical (unpaired) electrons. The lowest BCUT2D eigenvalue weighted by molar-refractivity contribution is 0.346. The molecule has 1 aromatic rings. The van der Waals surface area contributed by atoms with Crippen LogP contribution in [0.1, 0.15) is 30.4 Å². The van der Waals surface area contributed by atoms with Crippen molar-refractivity contribution in [2.75, 3.05) is 13.1 Å². The molecule has 0 amide bonds. The Hall–Kier alpha value is -0.650. The van der Waals surface area contributed by atoms with Gasteiger partial charge in [-0.25, -0.2) is 12.8 Å². The first-order valence-electron chi connectivity index (χ1n) is 6.32. The monoisotopic (exact) mass is 305 g/mol. The zero-order chi connectivity index (χ0) is 14.0. The van der Waals surface area contributed by atoms with Gasteiger partial charge >= 0.3 is 0 Å². The molecule has 1 aromatic carbocycles. The molecule has 1 fully saturated rings. The zero-order valence-corrected chi connectivity index (χ0v) is 12.4. The van der Waals surface area contributed by atoms with Gasteiger partial charge in [-0.15, -0.1) is 11.6 Å². The van der Waals surface area contributed by atoms with Crippen LogP contribution in [0.2, 0.25) is 0 Å². The van der Waals surface area contributed by atoms with Crippen LogP contribution in [0.3, 0.4) is 0 Å². The Morgan fingerprint density at radius 2 is 1.89 bits per heavy atom. The summed E-state index contributed by atoms with van der Waals surface area (Å²) in [6, 6.07) is 2.77. The lowest BCUT2D eigenvalue weighted by Gasteiger charge is -2.26. The highest BCUT2D eigenvalue weighted by Gasteiger charge is 2.28. The van der Waals surface area contributed by atoms with Gasteiger partial charge in [-0.1, -0.05) is 6.42 Å². The number of hydrogen-bond donors (Lipinski definition) is 0. The molecule has 1 saturated heterocycles. The molecule has 0 aliphatic carbocycles. The van der Waals surface area contributed by atoms with Crippen LogP contribution in [0.25, 0.3) is 0 Å². The predicted molar refractivity (Wildman–Crippen MR) is 73.3 cm³/mol. The van der Waals surface area contributed by atoms with E-state index in [1.807, 2.05) is 0 Å². The smallest absolute Gasteiger partial charge is 0.207 e. The summed E-state index contributed by atoms with van der Waals surface area (Å²) in [5, 5.41) is 0. The van der Waals surface area contributed by atoms with Crippen LogP contribution in [0, 0.1) is 12.7 Å². The molecular formula is C13H17ClFNO2S. The van der Waals surface area contributed by atoms with Crippen molar-refractivity contribution >= 4 is 21.6 Å². The van der Waals surface area contributed by atoms with Gasteiger partial charge in [0, 0.05) is 24.5 Å². The number of nitrogens with zero attached hydrogens (tertiary/aromatic N) is 1. The maximum Gasteiger partial charge on any atom is 0.243 e. The third-order valence-electron chi connectivity index (χ3n) is 3.44. The summed E-state index contributed by atoms with van der Waals surface area (Å²) < 4.78 is 40.3. The van der Waals surface area contributed by atoms with Gasteiger partial charge in [-0.3, -0.25) is 0 Å². The van der Waals surface area contributed by atoms with E-state index >= 15 is 0 Å². The second kappa shape index (κ2) is 5.77. The molecule has 0 aromatic heterocycles. The van der Waals surface area contributed by atoms with Crippen molar-refractivity contribution in [3.05, 3.63) is 29.1 Å². The molecule has 0 atom stereocenters. The molecule has 2 rings (SSSR count). The van der Waals surface area contributed by atoms with Crippen molar-refractivity contribution in [2.24, 2.45) is 0 Å². The molecule has 0 N–H and O–H groups in total. The van der Waals surface area contributed by atoms with Gasteiger partial charge < -0.3 is 0 Å². The molecule has 1 heterocycles. The van der Waals surface area contributed by atoms with Crippen LogP contribution in [0.4, 0.5) is 4.39 Å². The van der Waals surface area contributed by atoms with E-state index in [2.05, 4.69) is 0 Å². The minimum absolute atomic E-state index is 0.0463. The van der Waals surface area contributed by atoms with E-state index in [0.29, 0.717) is 18.7 Å². The molecule has 19 heavy (non-hydrogen) atoms. The van der Waals surface area contributed by atoms with Crippen LogP contribution in [0.5, 0.6) is 0 Å². The largest absolute Gasteiger partial charge is 0.243 e. The maximum atomic E-state index is 13.8. The molecule has 0 unspecified atom stereocenters. The quantitative estimate of drug-likeness (QED) is 0.805. The molecule has 0 saturated carbocycles. The van der Waals surface area contributed by atoms with Crippen LogP contribution >= 0.6 is 11.6 Å². The number of piperidine rings is 1. The van der Waals surface area contributed by atoms with E-state index in [1.54, 1.807) is 0 Å². The second-order valence-electron chi connectivity index (χ2n) is 4.80. The Balaban J connectivity index is 2.47. The second-order valence-corrected chi connectivity index (χ2v) is 6.97. The van der Waals surface area contributed by atoms with Gasteiger partial charge in [-0.05, 0) is 37.5 Å². The van der Waals surface area contributed by atoms with Crippen molar-refractivity contribution in [2.45, 2.75) is 37.0 Å². The van der Waals surface area contributed by atoms with Crippen molar-refractivity contribution in [1.82, 2.24) is 4.31 Å². The van der Waals surface area contributed by atoms with Crippen molar-refractivity contribution in [3.8, 4) is 0 Å². The van der Waals surface area contributed by atoms with Gasteiger partial charge in [0.1, 0.15) is 5.82 Å². The fourth-order valence-corrected chi connectivity index (χ4v) is 4.25. The summed E-state index contributed by atoms with van der Waals surface area (Å²) in [5.74, 6) is -0.423. The summed E-state index contributed by atoms with van der Waals surface area (Å²) in [7, 11) is -3.61. The summed E-state index contributed by atoms with van der Waals surface area (Å²) in [6.45, 7) is 2.51. The topological polar surface area (TPSA) is 37.4 Å². The zero-order valence-electron chi connectivity index (χ0n) is 10.8. The summed E-state index contributed by atoms with van der Waals surface area (Å²) >= 11 is 5.68. The van der Waals surface area contributed by atoms with E-state index in [0.717, 1.165) is 19.3 Å². The van der Waals surface area contributed by atoms with Gasteiger partial charge in [0.2, 0.25) is 10.0 Å². The fraction of sp³-hybridized carbons (Fsp3) is 0.538. The lowest BCUT2D eigenvalue weighted by Crippen LogP contribution is -2.36. The highest BCUT2D eigenvalue weighted by molar-refractivity contribution is 7.89. The summed E-state index contributed by atoms with van der Waals surface area (Å²) in [4.78, 5) is 0.0463. The van der Waals surface area contributed by atoms with E-state index in [-0.39, 0.29) is 16.3 Å². The van der Waals surface area contributed by atoms with Crippen LogP contribution in [0.15, 0.2) is 17.0 Å². The van der Waals surface area contributed by atoms with Crippen LogP contribution in [-0.2, 0) is 15.9 Å². The fourth-order valence-electron chi connectivity index (χ4n) is 2.30. The Bertz CT molecular complexity index is 568. The Morgan fingerprint density at radius 1 is 1.26 bits per heavy atom. The predicted octanol–water partition coefficient (Wildman–Crippen LogP) is 3.05. The van der Waals surface area contributed by atoms with Gasteiger partial charge in [-0.2, -0.15) is 4.31 Å². The number of halogens is 2. The van der Waals surface area contributed by atoms with Gasteiger partial charge in [0.25, 0.3) is 0 Å². The van der Waals surface area contributed by atoms with Crippen LogP contribution in [-0.4, -0.2) is 25.8 Å². The van der Waals surface area contributed by atoms with E-state index in [9.17, 15) is 12.8 Å². The third kappa shape index (κ3) is 2.93. The van der Waals surface area contributed by atoms with Crippen LogP contribution < -0.4 is 0 Å². The van der Waals surface area contributed by atoms with Gasteiger partial charge in [0.05, 0.1) is 4.90 Å². The molecule has 0 bridgehead atoms. The minimum Gasteiger partial charge on any atom is -0.207 e. The van der Waals surface area contributed by atoms with Crippen molar-refractivity contribution in [3.63, 3.8) is 0 Å². The number of alkyl halides is 1. The average molecular weight is 306 g/mol. The molecule has 3 nitrogen and oxygen atoms in total. The van der Waals surface area contributed by atoms with E-state index in [1.165, 1.54) is 23.4 Å². The SMILES string of the molecule is Cc1c(F)cc(CCl)cc1S(=O)(=O)N1CCCCC1. The summed E-state index contributed by atoms with van der Waals surface area (Å²) in [6.07, 6.45) is 2.76. The Labute approximate surface area is 118 Å². The first-order chi connectivity index (χ1) is 8.96. The number of sulfonamides is 1. The average Bonchev–Trinajstić information content (AvgIpc) is 2.42. The molecule has 106 valence electrons.